The fourth-order valence-electron chi connectivity index (χ4n) is 1.38. The van der Waals surface area contributed by atoms with Crippen LogP contribution in [0.5, 0.6) is 5.75 Å². The van der Waals surface area contributed by atoms with Crippen LogP contribution in [0.3, 0.4) is 0 Å². The smallest absolute Gasteiger partial charge is 0.420 e. The molecule has 0 spiro atoms. The molecule has 0 atom stereocenters. The summed E-state index contributed by atoms with van der Waals surface area (Å²) in [4.78, 5) is 0. The van der Waals surface area contributed by atoms with Gasteiger partial charge in [-0.05, 0) is 38.2 Å². The molecule has 0 aliphatic carbocycles. The van der Waals surface area contributed by atoms with Crippen molar-refractivity contribution in [3.8, 4) is 11.8 Å². The van der Waals surface area contributed by atoms with Crippen LogP contribution in [-0.4, -0.2) is 20.2 Å². The van der Waals surface area contributed by atoms with E-state index in [9.17, 15) is 13.2 Å². The molecule has 0 saturated carbocycles. The van der Waals surface area contributed by atoms with Gasteiger partial charge in [0.2, 0.25) is 0 Å². The van der Waals surface area contributed by atoms with E-state index in [1.54, 1.807) is 13.1 Å². The van der Waals surface area contributed by atoms with Crippen LogP contribution in [0.4, 0.5) is 13.2 Å². The molecule has 0 bridgehead atoms. The molecule has 0 aromatic heterocycles. The number of hydrogen-bond donors (Lipinski definition) is 1. The Morgan fingerprint density at radius 2 is 2.11 bits per heavy atom. The van der Waals surface area contributed by atoms with Crippen LogP contribution in [-0.2, 0) is 6.18 Å². The van der Waals surface area contributed by atoms with Crippen molar-refractivity contribution in [3.63, 3.8) is 0 Å². The Kier molecular flexibility index (Phi) is 4.98. The number of benzene rings is 1. The number of nitrogens with zero attached hydrogens (tertiary/aromatic N) is 1. The average molecular weight is 258 g/mol. The molecule has 18 heavy (non-hydrogen) atoms. The van der Waals surface area contributed by atoms with Crippen LogP contribution in [0.1, 0.15) is 17.5 Å². The fourth-order valence-corrected chi connectivity index (χ4v) is 1.38. The SMILES string of the molecule is CNCCCOc1ccc(C#N)cc1C(F)(F)F. The zero-order valence-corrected chi connectivity index (χ0v) is 9.84. The van der Waals surface area contributed by atoms with Crippen LogP contribution >= 0.6 is 0 Å². The second kappa shape index (κ2) is 6.26. The summed E-state index contributed by atoms with van der Waals surface area (Å²) in [5.74, 6) is -0.238. The highest BCUT2D eigenvalue weighted by Crippen LogP contribution is 2.36. The molecule has 0 heterocycles. The van der Waals surface area contributed by atoms with Crippen molar-refractivity contribution in [2.75, 3.05) is 20.2 Å². The zero-order chi connectivity index (χ0) is 13.6. The maximum atomic E-state index is 12.7. The van der Waals surface area contributed by atoms with Gasteiger partial charge in [-0.15, -0.1) is 0 Å². The Hall–Kier alpha value is -1.74. The van der Waals surface area contributed by atoms with Crippen molar-refractivity contribution in [1.29, 1.82) is 5.26 Å². The largest absolute Gasteiger partial charge is 0.493 e. The number of ether oxygens (including phenoxy) is 1. The summed E-state index contributed by atoms with van der Waals surface area (Å²) in [6.07, 6.45) is -3.92. The lowest BCUT2D eigenvalue weighted by Crippen LogP contribution is -2.14. The lowest BCUT2D eigenvalue weighted by molar-refractivity contribution is -0.139. The van der Waals surface area contributed by atoms with Gasteiger partial charge in [-0.2, -0.15) is 18.4 Å². The summed E-state index contributed by atoms with van der Waals surface area (Å²) in [6.45, 7) is 0.855. The molecular weight excluding hydrogens is 245 g/mol. The van der Waals surface area contributed by atoms with Crippen molar-refractivity contribution >= 4 is 0 Å². The maximum absolute atomic E-state index is 12.7. The number of nitriles is 1. The fraction of sp³-hybridized carbons (Fsp3) is 0.417. The molecule has 98 valence electrons. The van der Waals surface area contributed by atoms with Gasteiger partial charge >= 0.3 is 6.18 Å². The van der Waals surface area contributed by atoms with E-state index in [1.807, 2.05) is 0 Å². The average Bonchev–Trinajstić information content (AvgIpc) is 2.33. The molecule has 1 aromatic carbocycles. The third kappa shape index (κ3) is 3.93. The van der Waals surface area contributed by atoms with E-state index in [0.29, 0.717) is 13.0 Å². The van der Waals surface area contributed by atoms with Gasteiger partial charge in [-0.1, -0.05) is 0 Å². The first-order chi connectivity index (χ1) is 8.49. The highest BCUT2D eigenvalue weighted by atomic mass is 19.4. The molecule has 3 nitrogen and oxygen atoms in total. The van der Waals surface area contributed by atoms with E-state index in [1.165, 1.54) is 12.1 Å². The first-order valence-corrected chi connectivity index (χ1v) is 5.37. The summed E-state index contributed by atoms with van der Waals surface area (Å²) >= 11 is 0. The van der Waals surface area contributed by atoms with Gasteiger partial charge < -0.3 is 10.1 Å². The van der Waals surface area contributed by atoms with Crippen molar-refractivity contribution in [2.24, 2.45) is 0 Å². The van der Waals surface area contributed by atoms with E-state index in [4.69, 9.17) is 10.00 Å². The number of alkyl halides is 3. The quantitative estimate of drug-likeness (QED) is 0.825. The molecule has 0 aliphatic rings. The van der Waals surface area contributed by atoms with Gasteiger partial charge in [0.25, 0.3) is 0 Å². The molecule has 0 unspecified atom stereocenters. The summed E-state index contributed by atoms with van der Waals surface area (Å²) in [6, 6.07) is 4.97. The molecule has 0 amide bonds. The van der Waals surface area contributed by atoms with E-state index < -0.39 is 11.7 Å². The Morgan fingerprint density at radius 3 is 2.67 bits per heavy atom. The predicted molar refractivity (Wildman–Crippen MR) is 60.2 cm³/mol. The van der Waals surface area contributed by atoms with Gasteiger partial charge in [-0.3, -0.25) is 0 Å². The van der Waals surface area contributed by atoms with E-state index >= 15 is 0 Å². The van der Waals surface area contributed by atoms with Gasteiger partial charge in [0, 0.05) is 0 Å². The second-order valence-corrected chi connectivity index (χ2v) is 3.63. The third-order valence-corrected chi connectivity index (χ3v) is 2.24. The standard InChI is InChI=1S/C12H13F3N2O/c1-17-5-2-6-18-11-4-3-9(8-16)7-10(11)12(13,14)15/h3-4,7,17H,2,5-6H2,1H3. The monoisotopic (exact) mass is 258 g/mol. The van der Waals surface area contributed by atoms with E-state index in [-0.39, 0.29) is 17.9 Å². The van der Waals surface area contributed by atoms with Crippen LogP contribution in [0.15, 0.2) is 18.2 Å². The molecule has 0 aliphatic heterocycles. The van der Waals surface area contributed by atoms with E-state index in [0.717, 1.165) is 6.07 Å². The van der Waals surface area contributed by atoms with Crippen molar-refractivity contribution < 1.29 is 17.9 Å². The summed E-state index contributed by atoms with van der Waals surface area (Å²) in [5, 5.41) is 11.5. The summed E-state index contributed by atoms with van der Waals surface area (Å²) in [5.41, 5.74) is -0.948. The van der Waals surface area contributed by atoms with Crippen LogP contribution < -0.4 is 10.1 Å². The van der Waals surface area contributed by atoms with Gasteiger partial charge in [0.1, 0.15) is 5.75 Å². The predicted octanol–water partition coefficient (Wildman–Crippen LogP) is 2.57. The molecule has 6 heteroatoms. The Labute approximate surface area is 103 Å². The van der Waals surface area contributed by atoms with Crippen molar-refractivity contribution in [1.82, 2.24) is 5.32 Å². The minimum Gasteiger partial charge on any atom is -0.493 e. The lowest BCUT2D eigenvalue weighted by atomic mass is 10.1. The third-order valence-electron chi connectivity index (χ3n) is 2.24. The molecule has 0 fully saturated rings. The zero-order valence-electron chi connectivity index (χ0n) is 9.84. The molecule has 1 N–H and O–H groups in total. The highest BCUT2D eigenvalue weighted by molar-refractivity contribution is 5.43. The molecule has 0 saturated heterocycles. The van der Waals surface area contributed by atoms with Crippen LogP contribution in [0, 0.1) is 11.3 Å². The topological polar surface area (TPSA) is 45.0 Å². The van der Waals surface area contributed by atoms with Crippen LogP contribution in [0.25, 0.3) is 0 Å². The summed E-state index contributed by atoms with van der Waals surface area (Å²) in [7, 11) is 1.75. The first kappa shape index (κ1) is 14.3. The molecule has 1 rings (SSSR count). The Bertz CT molecular complexity index is 438. The Balaban J connectivity index is 2.87. The van der Waals surface area contributed by atoms with Gasteiger partial charge in [-0.25, -0.2) is 0 Å². The molecule has 1 aromatic rings. The molecular formula is C12H13F3N2O. The minimum absolute atomic E-state index is 0.0371. The number of hydrogen-bond acceptors (Lipinski definition) is 3. The molecule has 0 radical (unpaired) electrons. The first-order valence-electron chi connectivity index (χ1n) is 5.37. The maximum Gasteiger partial charge on any atom is 0.420 e. The highest BCUT2D eigenvalue weighted by Gasteiger charge is 2.34. The number of halogens is 3. The van der Waals surface area contributed by atoms with Crippen molar-refractivity contribution in [2.45, 2.75) is 12.6 Å². The second-order valence-electron chi connectivity index (χ2n) is 3.63. The van der Waals surface area contributed by atoms with Crippen molar-refractivity contribution in [3.05, 3.63) is 29.3 Å². The minimum atomic E-state index is -4.52. The Morgan fingerprint density at radius 1 is 1.39 bits per heavy atom. The summed E-state index contributed by atoms with van der Waals surface area (Å²) < 4.78 is 43.3. The number of rotatable bonds is 5. The van der Waals surface area contributed by atoms with E-state index in [2.05, 4.69) is 5.32 Å². The normalized spacial score (nSPS) is 11.1. The van der Waals surface area contributed by atoms with Gasteiger partial charge in [0.05, 0.1) is 23.8 Å². The number of nitrogens with one attached hydrogen (secondary N) is 1. The van der Waals surface area contributed by atoms with Crippen LogP contribution in [0.2, 0.25) is 0 Å². The lowest BCUT2D eigenvalue weighted by Gasteiger charge is -2.14. The van der Waals surface area contributed by atoms with Gasteiger partial charge in [0.15, 0.2) is 0 Å².